The van der Waals surface area contributed by atoms with E-state index in [1.54, 1.807) is 24.3 Å². The van der Waals surface area contributed by atoms with Gasteiger partial charge in [-0.1, -0.05) is 24.3 Å². The predicted octanol–water partition coefficient (Wildman–Crippen LogP) is 2.83. The number of hydrogen-bond donors (Lipinski definition) is 4. The van der Waals surface area contributed by atoms with Gasteiger partial charge in [0.25, 0.3) is 5.91 Å². The molecule has 2 aromatic rings. The number of carboxylic acid groups (broad SMARTS) is 2. The first kappa shape index (κ1) is 22.7. The Hall–Kier alpha value is -2.98. The number of benzene rings is 2. The summed E-state index contributed by atoms with van der Waals surface area (Å²) in [7, 11) is 0. The van der Waals surface area contributed by atoms with E-state index in [0.29, 0.717) is 23.0 Å². The van der Waals surface area contributed by atoms with E-state index in [9.17, 15) is 19.2 Å². The average Bonchev–Trinajstić information content (AvgIpc) is 3.02. The van der Waals surface area contributed by atoms with Gasteiger partial charge in [0, 0.05) is 23.0 Å². The van der Waals surface area contributed by atoms with E-state index < -0.39 is 23.5 Å². The summed E-state index contributed by atoms with van der Waals surface area (Å²) in [6, 6.07) is 12.5. The van der Waals surface area contributed by atoms with Crippen molar-refractivity contribution >= 4 is 47.4 Å². The molecule has 1 aliphatic heterocycles. The number of amides is 3. The van der Waals surface area contributed by atoms with E-state index in [1.807, 2.05) is 0 Å². The molecule has 3 rings (SSSR count). The Morgan fingerprint density at radius 2 is 1.19 bits per heavy atom. The first-order valence-electron chi connectivity index (χ1n) is 9.23. The quantitative estimate of drug-likeness (QED) is 0.398. The summed E-state index contributed by atoms with van der Waals surface area (Å²) >= 11 is 2.94. The van der Waals surface area contributed by atoms with Crippen molar-refractivity contribution in [3.8, 4) is 0 Å². The van der Waals surface area contributed by atoms with Crippen molar-refractivity contribution in [3.63, 3.8) is 0 Å². The second-order valence-corrected chi connectivity index (χ2v) is 8.95. The highest BCUT2D eigenvalue weighted by Gasteiger charge is 2.45. The van der Waals surface area contributed by atoms with Gasteiger partial charge in [-0.15, -0.1) is 0 Å². The first-order chi connectivity index (χ1) is 14.8. The Bertz CT molecular complexity index is 928. The van der Waals surface area contributed by atoms with E-state index in [-0.39, 0.29) is 17.0 Å². The van der Waals surface area contributed by atoms with Gasteiger partial charge in [0.15, 0.2) is 0 Å². The maximum Gasteiger partial charge on any atom is 0.335 e. The lowest BCUT2D eigenvalue weighted by atomic mass is 10.1. The molecule has 0 saturated carbocycles. The molecule has 10 heteroatoms. The monoisotopic (exact) mass is 460 g/mol. The molecule has 2 aromatic carbocycles. The van der Waals surface area contributed by atoms with Crippen molar-refractivity contribution in [2.45, 2.75) is 17.0 Å². The number of aromatic carboxylic acids is 2. The minimum atomic E-state index is -1.05. The number of rotatable bonds is 10. The maximum absolute atomic E-state index is 12.5. The van der Waals surface area contributed by atoms with Crippen LogP contribution >= 0.6 is 23.5 Å². The number of urea groups is 1. The molecule has 8 nitrogen and oxygen atoms in total. The number of carbonyl (C=O) groups excluding carboxylic acids is 2. The minimum absolute atomic E-state index is 0.209. The smallest absolute Gasteiger partial charge is 0.335 e. The summed E-state index contributed by atoms with van der Waals surface area (Å²) in [4.78, 5) is 46.1. The maximum atomic E-state index is 12.5. The molecule has 31 heavy (non-hydrogen) atoms. The van der Waals surface area contributed by atoms with Crippen LogP contribution in [0.2, 0.25) is 0 Å². The van der Waals surface area contributed by atoms with Gasteiger partial charge in [-0.3, -0.25) is 10.1 Å². The van der Waals surface area contributed by atoms with Crippen LogP contribution in [-0.4, -0.2) is 51.1 Å². The summed E-state index contributed by atoms with van der Waals surface area (Å²) < 4.78 is 0. The molecule has 1 heterocycles. The molecule has 1 saturated heterocycles. The second kappa shape index (κ2) is 9.88. The van der Waals surface area contributed by atoms with Crippen LogP contribution in [0, 0.1) is 0 Å². The van der Waals surface area contributed by atoms with Crippen molar-refractivity contribution in [2.24, 2.45) is 0 Å². The molecule has 1 aliphatic rings. The Kier molecular flexibility index (Phi) is 7.24. The highest BCUT2D eigenvalue weighted by Crippen LogP contribution is 2.27. The standard InChI is InChI=1S/C21H20N2O6S2/c24-17(25)15-5-1-13(2-6-15)9-30-11-21(19(28)22-20(29)23-21)12-31-10-14-3-7-16(8-4-14)18(26)27/h1-8H,9-12H2,(H,24,25)(H,26,27)(H2,22,23,28,29). The van der Waals surface area contributed by atoms with E-state index in [4.69, 9.17) is 10.2 Å². The van der Waals surface area contributed by atoms with E-state index in [1.165, 1.54) is 47.8 Å². The normalized spacial score (nSPS) is 14.7. The summed E-state index contributed by atoms with van der Waals surface area (Å²) in [5.74, 6) is -0.513. The number of carbonyl (C=O) groups is 4. The fraction of sp³-hybridized carbons (Fsp3) is 0.238. The van der Waals surface area contributed by atoms with Gasteiger partial charge in [-0.2, -0.15) is 23.5 Å². The number of nitrogens with one attached hydrogen (secondary N) is 2. The van der Waals surface area contributed by atoms with Crippen LogP contribution in [0.25, 0.3) is 0 Å². The van der Waals surface area contributed by atoms with Crippen LogP contribution in [0.15, 0.2) is 48.5 Å². The van der Waals surface area contributed by atoms with E-state index >= 15 is 0 Å². The lowest BCUT2D eigenvalue weighted by molar-refractivity contribution is -0.122. The van der Waals surface area contributed by atoms with Crippen molar-refractivity contribution in [1.82, 2.24) is 10.6 Å². The molecular formula is C21H20N2O6S2. The zero-order valence-electron chi connectivity index (χ0n) is 16.3. The third kappa shape index (κ3) is 5.80. The number of carboxylic acids is 2. The van der Waals surface area contributed by atoms with Gasteiger partial charge in [-0.05, 0) is 35.4 Å². The molecule has 1 fully saturated rings. The lowest BCUT2D eigenvalue weighted by Gasteiger charge is -2.25. The van der Waals surface area contributed by atoms with Crippen LogP contribution < -0.4 is 10.6 Å². The molecule has 0 atom stereocenters. The summed E-state index contributed by atoms with van der Waals surface area (Å²) in [6.07, 6.45) is 0. The Labute approximate surface area is 186 Å². The van der Waals surface area contributed by atoms with Gasteiger partial charge in [0.1, 0.15) is 5.54 Å². The van der Waals surface area contributed by atoms with Crippen LogP contribution in [0.3, 0.4) is 0 Å². The molecule has 0 aliphatic carbocycles. The van der Waals surface area contributed by atoms with Gasteiger partial charge in [-0.25, -0.2) is 14.4 Å². The van der Waals surface area contributed by atoms with Crippen molar-refractivity contribution in [3.05, 3.63) is 70.8 Å². The highest BCUT2D eigenvalue weighted by atomic mass is 32.2. The van der Waals surface area contributed by atoms with Crippen LogP contribution in [-0.2, 0) is 16.3 Å². The third-order valence-electron chi connectivity index (χ3n) is 4.65. The molecule has 4 N–H and O–H groups in total. The topological polar surface area (TPSA) is 133 Å². The number of imide groups is 1. The molecule has 0 unspecified atom stereocenters. The summed E-state index contributed by atoms with van der Waals surface area (Å²) in [5, 5.41) is 23.0. The largest absolute Gasteiger partial charge is 0.478 e. The van der Waals surface area contributed by atoms with E-state index in [0.717, 1.165) is 11.1 Å². The minimum Gasteiger partial charge on any atom is -0.478 e. The zero-order valence-corrected chi connectivity index (χ0v) is 17.9. The first-order valence-corrected chi connectivity index (χ1v) is 11.5. The fourth-order valence-corrected chi connectivity index (χ4v) is 5.44. The average molecular weight is 461 g/mol. The third-order valence-corrected chi connectivity index (χ3v) is 7.12. The van der Waals surface area contributed by atoms with Crippen LogP contribution in [0.5, 0.6) is 0 Å². The second-order valence-electron chi connectivity index (χ2n) is 6.98. The SMILES string of the molecule is O=C1NC(=O)C(CSCc2ccc(C(=O)O)cc2)(CSCc2ccc(C(=O)O)cc2)N1. The van der Waals surface area contributed by atoms with E-state index in [2.05, 4.69) is 10.6 Å². The zero-order chi connectivity index (χ0) is 22.4. The van der Waals surface area contributed by atoms with Crippen LogP contribution in [0.4, 0.5) is 4.79 Å². The molecule has 0 aromatic heterocycles. The molecule has 0 bridgehead atoms. The summed E-state index contributed by atoms with van der Waals surface area (Å²) in [6.45, 7) is 0. The van der Waals surface area contributed by atoms with Gasteiger partial charge in [0.05, 0.1) is 11.1 Å². The predicted molar refractivity (Wildman–Crippen MR) is 119 cm³/mol. The highest BCUT2D eigenvalue weighted by molar-refractivity contribution is 7.99. The van der Waals surface area contributed by atoms with Crippen molar-refractivity contribution in [1.29, 1.82) is 0 Å². The summed E-state index contributed by atoms with van der Waals surface area (Å²) in [5.41, 5.74) is 1.21. The van der Waals surface area contributed by atoms with Crippen molar-refractivity contribution < 1.29 is 29.4 Å². The Morgan fingerprint density at radius 1 is 0.774 bits per heavy atom. The van der Waals surface area contributed by atoms with Crippen LogP contribution in [0.1, 0.15) is 31.8 Å². The van der Waals surface area contributed by atoms with Gasteiger partial charge in [0.2, 0.25) is 0 Å². The molecule has 0 radical (unpaired) electrons. The lowest BCUT2D eigenvalue weighted by Crippen LogP contribution is -2.51. The fourth-order valence-electron chi connectivity index (χ4n) is 2.95. The molecule has 3 amide bonds. The number of hydrogen-bond acceptors (Lipinski definition) is 6. The Balaban J connectivity index is 1.57. The number of thioether (sulfide) groups is 2. The van der Waals surface area contributed by atoms with Crippen molar-refractivity contribution in [2.75, 3.05) is 11.5 Å². The molecule has 162 valence electrons. The Morgan fingerprint density at radius 3 is 1.52 bits per heavy atom. The van der Waals surface area contributed by atoms with Gasteiger partial charge < -0.3 is 15.5 Å². The molecule has 0 spiro atoms. The molecular weight excluding hydrogens is 440 g/mol. The van der Waals surface area contributed by atoms with Gasteiger partial charge >= 0.3 is 18.0 Å².